The Bertz CT molecular complexity index is 192. The first-order valence-corrected chi connectivity index (χ1v) is 14.8. The first-order chi connectivity index (χ1) is 9.68. The summed E-state index contributed by atoms with van der Waals surface area (Å²) in [7, 11) is 1.43. The maximum Gasteiger partial charge on any atom is 0.0505 e. The van der Waals surface area contributed by atoms with Gasteiger partial charge >= 0.3 is 0 Å². The molecule has 20 heavy (non-hydrogen) atoms. The molecule has 4 heteroatoms. The second-order valence-corrected chi connectivity index (χ2v) is 14.1. The van der Waals surface area contributed by atoms with Crippen LogP contribution in [0.15, 0.2) is 0 Å². The van der Waals surface area contributed by atoms with Crippen LogP contribution in [-0.4, -0.2) is 70.2 Å². The van der Waals surface area contributed by atoms with Crippen molar-refractivity contribution in [2.24, 2.45) is 0 Å². The summed E-state index contributed by atoms with van der Waals surface area (Å²) >= 11 is 0. The van der Waals surface area contributed by atoms with Gasteiger partial charge in [0.05, 0.1) is 13.2 Å². The lowest BCUT2D eigenvalue weighted by Crippen LogP contribution is -2.11. The van der Waals surface area contributed by atoms with Gasteiger partial charge in [-0.2, -0.15) is 0 Å². The SMILES string of the molecule is CP1CCCC1.CP1CCCCC1.CP1CCOCC1. The van der Waals surface area contributed by atoms with Gasteiger partial charge in [0.1, 0.15) is 0 Å². The fourth-order valence-corrected chi connectivity index (χ4v) is 7.19. The highest BCUT2D eigenvalue weighted by Gasteiger charge is 2.07. The molecule has 0 atom stereocenters. The van der Waals surface area contributed by atoms with E-state index >= 15 is 0 Å². The topological polar surface area (TPSA) is 9.23 Å². The Kier molecular flexibility index (Phi) is 12.3. The Morgan fingerprint density at radius 3 is 1.10 bits per heavy atom. The van der Waals surface area contributed by atoms with E-state index in [-0.39, 0.29) is 0 Å². The molecule has 0 spiro atoms. The normalized spacial score (nSPS) is 25.4. The molecular formula is C16H35OP3. The molecule has 3 heterocycles. The second-order valence-electron chi connectivity index (χ2n) is 6.29. The monoisotopic (exact) mass is 336 g/mol. The van der Waals surface area contributed by atoms with Crippen molar-refractivity contribution < 1.29 is 4.74 Å². The summed E-state index contributed by atoms with van der Waals surface area (Å²) in [6, 6.07) is 0. The van der Waals surface area contributed by atoms with E-state index in [1.54, 1.807) is 24.6 Å². The van der Waals surface area contributed by atoms with E-state index in [0.717, 1.165) is 13.2 Å². The first kappa shape index (κ1) is 19.3. The molecular weight excluding hydrogens is 301 g/mol. The summed E-state index contributed by atoms with van der Waals surface area (Å²) < 4.78 is 5.16. The zero-order valence-electron chi connectivity index (χ0n) is 13.9. The minimum atomic E-state index is 0.383. The highest BCUT2D eigenvalue weighted by molar-refractivity contribution is 7.57. The lowest BCUT2D eigenvalue weighted by Gasteiger charge is -2.17. The van der Waals surface area contributed by atoms with Gasteiger partial charge in [-0.25, -0.2) is 0 Å². The maximum absolute atomic E-state index is 5.16. The van der Waals surface area contributed by atoms with E-state index in [1.165, 1.54) is 44.4 Å². The van der Waals surface area contributed by atoms with Crippen LogP contribution >= 0.6 is 23.8 Å². The summed E-state index contributed by atoms with van der Waals surface area (Å²) in [5, 5.41) is 0. The van der Waals surface area contributed by atoms with Crippen LogP contribution < -0.4 is 0 Å². The third-order valence-electron chi connectivity index (χ3n) is 4.14. The maximum atomic E-state index is 5.16. The van der Waals surface area contributed by atoms with Gasteiger partial charge in [0.15, 0.2) is 0 Å². The second kappa shape index (κ2) is 12.8. The minimum absolute atomic E-state index is 0.383. The molecule has 3 aliphatic heterocycles. The number of hydrogen-bond donors (Lipinski definition) is 0. The molecule has 0 aromatic rings. The fraction of sp³-hybridized carbons (Fsp3) is 1.00. The smallest absolute Gasteiger partial charge is 0.0505 e. The first-order valence-electron chi connectivity index (χ1n) is 8.32. The van der Waals surface area contributed by atoms with Crippen molar-refractivity contribution in [3.05, 3.63) is 0 Å². The highest BCUT2D eigenvalue weighted by Crippen LogP contribution is 2.38. The Morgan fingerprint density at radius 1 is 0.500 bits per heavy atom. The van der Waals surface area contributed by atoms with Gasteiger partial charge in [-0.05, 0) is 82.6 Å². The average Bonchev–Trinajstić information content (AvgIpc) is 2.93. The molecule has 0 radical (unpaired) electrons. The molecule has 120 valence electrons. The summed E-state index contributed by atoms with van der Waals surface area (Å²) in [6.45, 7) is 9.21. The van der Waals surface area contributed by atoms with Gasteiger partial charge in [0.25, 0.3) is 0 Å². The fourth-order valence-electron chi connectivity index (χ4n) is 2.58. The largest absolute Gasteiger partial charge is 0.381 e. The molecule has 0 saturated carbocycles. The number of hydrogen-bond acceptors (Lipinski definition) is 1. The van der Waals surface area contributed by atoms with Crippen LogP contribution in [0, 0.1) is 0 Å². The summed E-state index contributed by atoms with van der Waals surface area (Å²) in [5.74, 6) is 0. The molecule has 0 bridgehead atoms. The predicted molar refractivity (Wildman–Crippen MR) is 102 cm³/mol. The van der Waals surface area contributed by atoms with Gasteiger partial charge in [0, 0.05) is 0 Å². The van der Waals surface area contributed by atoms with E-state index in [0.29, 0.717) is 23.8 Å². The average molecular weight is 336 g/mol. The molecule has 0 aliphatic carbocycles. The molecule has 0 aromatic heterocycles. The molecule has 0 aromatic carbocycles. The molecule has 0 N–H and O–H groups in total. The van der Waals surface area contributed by atoms with Crippen LogP contribution in [0.25, 0.3) is 0 Å². The summed E-state index contributed by atoms with van der Waals surface area (Å²) in [4.78, 5) is 0. The number of ether oxygens (including phenoxy) is 1. The zero-order chi connectivity index (χ0) is 14.6. The van der Waals surface area contributed by atoms with Crippen LogP contribution in [0.2, 0.25) is 0 Å². The minimum Gasteiger partial charge on any atom is -0.381 e. The molecule has 0 amide bonds. The van der Waals surface area contributed by atoms with Crippen LogP contribution in [0.3, 0.4) is 0 Å². The lowest BCUT2D eigenvalue weighted by molar-refractivity contribution is 0.158. The zero-order valence-corrected chi connectivity index (χ0v) is 16.6. The third-order valence-corrected chi connectivity index (χ3v) is 10.4. The molecule has 0 unspecified atom stereocenters. The standard InChI is InChI=1S/C6H13P.C5H11OP.C5H11P/c1-7-5-3-2-4-6-7;1-7-4-2-6-3-5-7;1-6-4-2-3-5-6/h2-6H2,1H3;2-5H2,1H3;2-5H2,1H3. The van der Waals surface area contributed by atoms with Crippen molar-refractivity contribution in [2.75, 3.05) is 70.2 Å². The molecule has 1 nitrogen and oxygen atoms in total. The van der Waals surface area contributed by atoms with Crippen molar-refractivity contribution in [1.29, 1.82) is 0 Å². The van der Waals surface area contributed by atoms with Crippen LogP contribution in [0.1, 0.15) is 32.1 Å². The van der Waals surface area contributed by atoms with Gasteiger partial charge in [-0.1, -0.05) is 6.42 Å². The Balaban J connectivity index is 0.000000151. The van der Waals surface area contributed by atoms with Crippen molar-refractivity contribution in [2.45, 2.75) is 32.1 Å². The van der Waals surface area contributed by atoms with Crippen LogP contribution in [0.5, 0.6) is 0 Å². The van der Waals surface area contributed by atoms with Crippen molar-refractivity contribution in [1.82, 2.24) is 0 Å². The van der Waals surface area contributed by atoms with Gasteiger partial charge in [-0.15, -0.1) is 23.8 Å². The van der Waals surface area contributed by atoms with E-state index in [9.17, 15) is 0 Å². The van der Waals surface area contributed by atoms with Crippen molar-refractivity contribution >= 4 is 23.8 Å². The van der Waals surface area contributed by atoms with Crippen LogP contribution in [0.4, 0.5) is 0 Å². The van der Waals surface area contributed by atoms with E-state index in [4.69, 9.17) is 4.74 Å². The Morgan fingerprint density at radius 2 is 0.850 bits per heavy atom. The lowest BCUT2D eigenvalue weighted by atomic mass is 10.3. The van der Waals surface area contributed by atoms with Gasteiger partial charge < -0.3 is 4.74 Å². The quantitative estimate of drug-likeness (QED) is 0.545. The van der Waals surface area contributed by atoms with E-state index < -0.39 is 0 Å². The molecule has 3 fully saturated rings. The summed E-state index contributed by atoms with van der Waals surface area (Å²) in [6.07, 6.45) is 16.4. The van der Waals surface area contributed by atoms with Crippen molar-refractivity contribution in [3.8, 4) is 0 Å². The Hall–Kier alpha value is 1.25. The summed E-state index contributed by atoms with van der Waals surface area (Å²) in [5.41, 5.74) is 0. The molecule has 3 rings (SSSR count). The number of rotatable bonds is 0. The third kappa shape index (κ3) is 10.9. The molecule has 3 aliphatic rings. The van der Waals surface area contributed by atoms with Gasteiger partial charge in [-0.3, -0.25) is 0 Å². The van der Waals surface area contributed by atoms with E-state index in [2.05, 4.69) is 20.0 Å². The Labute approximate surface area is 131 Å². The van der Waals surface area contributed by atoms with Gasteiger partial charge in [0.2, 0.25) is 0 Å². The predicted octanol–water partition coefficient (Wildman–Crippen LogP) is 5.30. The van der Waals surface area contributed by atoms with Crippen molar-refractivity contribution in [3.63, 3.8) is 0 Å². The van der Waals surface area contributed by atoms with Crippen LogP contribution in [-0.2, 0) is 4.74 Å². The highest BCUT2D eigenvalue weighted by atomic mass is 31.1. The molecule has 3 saturated heterocycles. The van der Waals surface area contributed by atoms with E-state index in [1.807, 2.05) is 0 Å².